The highest BCUT2D eigenvalue weighted by molar-refractivity contribution is 9.10. The van der Waals surface area contributed by atoms with Gasteiger partial charge in [0.2, 0.25) is 0 Å². The molecule has 0 radical (unpaired) electrons. The van der Waals surface area contributed by atoms with Crippen molar-refractivity contribution >= 4 is 15.9 Å². The van der Waals surface area contributed by atoms with Gasteiger partial charge in [0, 0.05) is 12.1 Å². The number of phenolic OH excluding ortho intramolecular Hbond substituents is 1. The molecule has 0 aromatic heterocycles. The van der Waals surface area contributed by atoms with Crippen LogP contribution in [0.15, 0.2) is 16.6 Å². The van der Waals surface area contributed by atoms with E-state index in [-0.39, 0.29) is 11.8 Å². The Morgan fingerprint density at radius 1 is 1.56 bits per heavy atom. The fourth-order valence-corrected chi connectivity index (χ4v) is 2.20. The molecule has 1 heterocycles. The molecule has 1 atom stereocenters. The van der Waals surface area contributed by atoms with Gasteiger partial charge < -0.3 is 19.9 Å². The van der Waals surface area contributed by atoms with E-state index in [0.29, 0.717) is 23.4 Å². The van der Waals surface area contributed by atoms with Crippen LogP contribution in [0.2, 0.25) is 0 Å². The highest BCUT2D eigenvalue weighted by atomic mass is 79.9. The van der Waals surface area contributed by atoms with E-state index in [4.69, 9.17) is 9.47 Å². The summed E-state index contributed by atoms with van der Waals surface area (Å²) >= 11 is 3.31. The smallest absolute Gasteiger partial charge is 0.134 e. The van der Waals surface area contributed by atoms with Gasteiger partial charge in [-0.05, 0) is 28.1 Å². The van der Waals surface area contributed by atoms with Gasteiger partial charge in [-0.3, -0.25) is 0 Å². The average Bonchev–Trinajstić information content (AvgIpc) is 2.33. The number of hydrogen-bond donors (Lipinski definition) is 2. The molecule has 0 unspecified atom stereocenters. The van der Waals surface area contributed by atoms with Gasteiger partial charge in [-0.15, -0.1) is 0 Å². The number of rotatable bonds is 2. The Bertz CT molecular complexity index is 378. The minimum Gasteiger partial charge on any atom is -0.506 e. The minimum absolute atomic E-state index is 0.0140. The van der Waals surface area contributed by atoms with Gasteiger partial charge >= 0.3 is 0 Å². The second-order valence-corrected chi connectivity index (χ2v) is 4.48. The molecule has 0 bridgehead atoms. The summed E-state index contributed by atoms with van der Waals surface area (Å²) in [7, 11) is 1.60. The van der Waals surface area contributed by atoms with Crippen LogP contribution in [0, 0.1) is 0 Å². The average molecular weight is 288 g/mol. The van der Waals surface area contributed by atoms with Crippen LogP contribution in [0.25, 0.3) is 0 Å². The molecule has 16 heavy (non-hydrogen) atoms. The molecule has 1 saturated heterocycles. The first-order valence-corrected chi connectivity index (χ1v) is 5.89. The van der Waals surface area contributed by atoms with Crippen LogP contribution >= 0.6 is 15.9 Å². The van der Waals surface area contributed by atoms with Crippen molar-refractivity contribution in [2.24, 2.45) is 0 Å². The Labute approximate surface area is 103 Å². The molecule has 0 saturated carbocycles. The number of methoxy groups -OCH3 is 1. The van der Waals surface area contributed by atoms with Crippen molar-refractivity contribution in [1.82, 2.24) is 5.32 Å². The van der Waals surface area contributed by atoms with Crippen LogP contribution in [0.3, 0.4) is 0 Å². The van der Waals surface area contributed by atoms with Crippen molar-refractivity contribution in [2.45, 2.75) is 6.04 Å². The molecule has 0 aliphatic carbocycles. The quantitative estimate of drug-likeness (QED) is 0.871. The van der Waals surface area contributed by atoms with E-state index in [1.807, 2.05) is 6.07 Å². The van der Waals surface area contributed by atoms with Crippen LogP contribution in [-0.4, -0.2) is 32.0 Å². The van der Waals surface area contributed by atoms with Crippen LogP contribution < -0.4 is 10.1 Å². The molecule has 5 heteroatoms. The summed E-state index contributed by atoms with van der Waals surface area (Å²) in [6, 6.07) is 3.58. The zero-order valence-electron chi connectivity index (χ0n) is 9.00. The molecule has 2 rings (SSSR count). The van der Waals surface area contributed by atoms with Gasteiger partial charge in [0.15, 0.2) is 0 Å². The summed E-state index contributed by atoms with van der Waals surface area (Å²) in [5.74, 6) is 0.954. The van der Waals surface area contributed by atoms with Crippen LogP contribution in [-0.2, 0) is 4.74 Å². The maximum Gasteiger partial charge on any atom is 0.134 e. The number of nitrogens with one attached hydrogen (secondary N) is 1. The normalized spacial score (nSPS) is 20.8. The Kier molecular flexibility index (Phi) is 3.68. The fourth-order valence-electron chi connectivity index (χ4n) is 1.74. The molecular weight excluding hydrogens is 274 g/mol. The number of halogens is 1. The summed E-state index contributed by atoms with van der Waals surface area (Å²) in [6.45, 7) is 2.06. The molecule has 0 amide bonds. The molecule has 88 valence electrons. The van der Waals surface area contributed by atoms with E-state index in [2.05, 4.69) is 21.2 Å². The van der Waals surface area contributed by atoms with Crippen LogP contribution in [0.4, 0.5) is 0 Å². The third-order valence-electron chi connectivity index (χ3n) is 2.60. The van der Waals surface area contributed by atoms with Crippen molar-refractivity contribution in [3.8, 4) is 11.5 Å². The predicted octanol–water partition coefficient (Wildman–Crippen LogP) is 1.82. The van der Waals surface area contributed by atoms with Crippen molar-refractivity contribution in [1.29, 1.82) is 0 Å². The van der Waals surface area contributed by atoms with Gasteiger partial charge in [-0.2, -0.15) is 0 Å². The lowest BCUT2D eigenvalue weighted by Crippen LogP contribution is -2.34. The number of phenols is 1. The van der Waals surface area contributed by atoms with E-state index in [9.17, 15) is 5.11 Å². The number of benzene rings is 1. The van der Waals surface area contributed by atoms with Gasteiger partial charge in [-0.25, -0.2) is 0 Å². The molecule has 1 aromatic carbocycles. The lowest BCUT2D eigenvalue weighted by Gasteiger charge is -2.25. The Hall–Kier alpha value is -0.780. The fraction of sp³-hybridized carbons (Fsp3) is 0.455. The summed E-state index contributed by atoms with van der Waals surface area (Å²) in [4.78, 5) is 0. The largest absolute Gasteiger partial charge is 0.506 e. The van der Waals surface area contributed by atoms with Gasteiger partial charge in [0.05, 0.1) is 30.8 Å². The number of aromatic hydroxyl groups is 1. The summed E-state index contributed by atoms with van der Waals surface area (Å²) in [6.07, 6.45) is 0. The van der Waals surface area contributed by atoms with Crippen molar-refractivity contribution in [3.05, 3.63) is 22.2 Å². The molecule has 1 aliphatic rings. The van der Waals surface area contributed by atoms with Crippen molar-refractivity contribution in [2.75, 3.05) is 26.9 Å². The number of hydrogen-bond acceptors (Lipinski definition) is 4. The Balaban J connectivity index is 2.33. The zero-order chi connectivity index (χ0) is 11.5. The molecule has 4 nitrogen and oxygen atoms in total. The SMILES string of the molecule is COc1cc(Br)c(O)c([C@@H]2COCCN2)c1. The summed E-state index contributed by atoms with van der Waals surface area (Å²) in [5, 5.41) is 13.3. The van der Waals surface area contributed by atoms with Crippen LogP contribution in [0.1, 0.15) is 11.6 Å². The van der Waals surface area contributed by atoms with E-state index in [1.54, 1.807) is 13.2 Å². The second kappa shape index (κ2) is 5.03. The predicted molar refractivity (Wildman–Crippen MR) is 63.9 cm³/mol. The molecular formula is C11H14BrNO3. The van der Waals surface area contributed by atoms with E-state index in [0.717, 1.165) is 12.1 Å². The number of ether oxygens (including phenoxy) is 2. The highest BCUT2D eigenvalue weighted by Crippen LogP contribution is 2.36. The van der Waals surface area contributed by atoms with Crippen LogP contribution in [0.5, 0.6) is 11.5 Å². The van der Waals surface area contributed by atoms with Gasteiger partial charge in [-0.1, -0.05) is 0 Å². The first kappa shape index (κ1) is 11.7. The second-order valence-electron chi connectivity index (χ2n) is 3.63. The van der Waals surface area contributed by atoms with Gasteiger partial charge in [0.25, 0.3) is 0 Å². The van der Waals surface area contributed by atoms with E-state index in [1.165, 1.54) is 0 Å². The molecule has 1 aliphatic heterocycles. The lowest BCUT2D eigenvalue weighted by molar-refractivity contribution is 0.0760. The summed E-state index contributed by atoms with van der Waals surface area (Å²) < 4.78 is 11.2. The van der Waals surface area contributed by atoms with Gasteiger partial charge in [0.1, 0.15) is 11.5 Å². The zero-order valence-corrected chi connectivity index (χ0v) is 10.6. The maximum absolute atomic E-state index is 9.97. The first-order chi connectivity index (χ1) is 7.72. The molecule has 0 spiro atoms. The topological polar surface area (TPSA) is 50.7 Å². The Morgan fingerprint density at radius 2 is 2.38 bits per heavy atom. The third kappa shape index (κ3) is 2.31. The summed E-state index contributed by atoms with van der Waals surface area (Å²) in [5.41, 5.74) is 0.797. The third-order valence-corrected chi connectivity index (χ3v) is 3.20. The maximum atomic E-state index is 9.97. The molecule has 1 aromatic rings. The monoisotopic (exact) mass is 287 g/mol. The first-order valence-electron chi connectivity index (χ1n) is 5.10. The standard InChI is InChI=1S/C11H14BrNO3/c1-15-7-4-8(11(14)9(12)5-7)10-6-16-3-2-13-10/h4-5,10,13-14H,2-3,6H2,1H3/t10-/m0/s1. The van der Waals surface area contributed by atoms with E-state index < -0.39 is 0 Å². The van der Waals surface area contributed by atoms with E-state index >= 15 is 0 Å². The lowest BCUT2D eigenvalue weighted by atomic mass is 10.1. The highest BCUT2D eigenvalue weighted by Gasteiger charge is 2.20. The van der Waals surface area contributed by atoms with Crippen molar-refractivity contribution < 1.29 is 14.6 Å². The number of morpholine rings is 1. The Morgan fingerprint density at radius 3 is 3.00 bits per heavy atom. The van der Waals surface area contributed by atoms with Crippen molar-refractivity contribution in [3.63, 3.8) is 0 Å². The minimum atomic E-state index is 0.0140. The molecule has 1 fully saturated rings. The molecule has 2 N–H and O–H groups in total.